The lowest BCUT2D eigenvalue weighted by Crippen LogP contribution is -2.18. The van der Waals surface area contributed by atoms with Crippen molar-refractivity contribution < 1.29 is 9.72 Å². The number of halogens is 1. The van der Waals surface area contributed by atoms with Gasteiger partial charge in [-0.05, 0) is 49.1 Å². The minimum absolute atomic E-state index is 0. The predicted molar refractivity (Wildman–Crippen MR) is 110 cm³/mol. The first-order valence-corrected chi connectivity index (χ1v) is 9.24. The van der Waals surface area contributed by atoms with Crippen molar-refractivity contribution in [3.63, 3.8) is 0 Å². The highest BCUT2D eigenvalue weighted by Crippen LogP contribution is 2.30. The van der Waals surface area contributed by atoms with E-state index in [-0.39, 0.29) is 28.8 Å². The SMILES string of the molecule is Cl.O=C1CCCc2c(CCNCc3ccccc3[N+](=O)[O-])c3ccccn3c21. The summed E-state index contributed by atoms with van der Waals surface area (Å²) in [7, 11) is 0. The van der Waals surface area contributed by atoms with Crippen LogP contribution in [0.1, 0.15) is 40.0 Å². The highest BCUT2D eigenvalue weighted by molar-refractivity contribution is 5.99. The Hall–Kier alpha value is -2.70. The largest absolute Gasteiger partial charge is 0.313 e. The van der Waals surface area contributed by atoms with E-state index in [1.54, 1.807) is 12.1 Å². The lowest BCUT2D eigenvalue weighted by molar-refractivity contribution is -0.385. The predicted octanol–water partition coefficient (Wildman–Crippen LogP) is 4.12. The van der Waals surface area contributed by atoms with E-state index in [1.165, 1.54) is 17.2 Å². The Morgan fingerprint density at radius 2 is 1.89 bits per heavy atom. The van der Waals surface area contributed by atoms with Gasteiger partial charge in [-0.3, -0.25) is 14.9 Å². The molecule has 0 unspecified atom stereocenters. The smallest absolute Gasteiger partial charge is 0.273 e. The number of nitro groups is 1. The molecule has 28 heavy (non-hydrogen) atoms. The van der Waals surface area contributed by atoms with Crippen molar-refractivity contribution >= 4 is 29.4 Å². The first kappa shape index (κ1) is 20.0. The minimum atomic E-state index is -0.347. The van der Waals surface area contributed by atoms with Crippen molar-refractivity contribution in [2.24, 2.45) is 0 Å². The van der Waals surface area contributed by atoms with Crippen LogP contribution in [0.3, 0.4) is 0 Å². The number of carbonyl (C=O) groups excluding carboxylic acids is 1. The number of carbonyl (C=O) groups is 1. The lowest BCUT2D eigenvalue weighted by atomic mass is 9.92. The fourth-order valence-electron chi connectivity index (χ4n) is 4.00. The van der Waals surface area contributed by atoms with Crippen LogP contribution in [0, 0.1) is 10.1 Å². The molecule has 0 radical (unpaired) electrons. The van der Waals surface area contributed by atoms with E-state index >= 15 is 0 Å². The molecule has 3 aromatic rings. The number of nitro benzene ring substituents is 1. The number of para-hydroxylation sites is 1. The number of ketones is 1. The molecule has 0 amide bonds. The number of Topliss-reactive ketones (excluding diaryl/α,β-unsaturated/α-hetero) is 1. The number of benzene rings is 1. The molecule has 1 aliphatic carbocycles. The molecular formula is C21H22ClN3O3. The number of hydrogen-bond acceptors (Lipinski definition) is 4. The Kier molecular flexibility index (Phi) is 6.11. The first-order chi connectivity index (χ1) is 13.2. The van der Waals surface area contributed by atoms with Crippen molar-refractivity contribution in [2.75, 3.05) is 6.54 Å². The van der Waals surface area contributed by atoms with E-state index in [2.05, 4.69) is 11.4 Å². The van der Waals surface area contributed by atoms with Crippen LogP contribution in [0.4, 0.5) is 5.69 Å². The summed E-state index contributed by atoms with van der Waals surface area (Å²) >= 11 is 0. The van der Waals surface area contributed by atoms with Crippen molar-refractivity contribution in [1.82, 2.24) is 9.72 Å². The summed E-state index contributed by atoms with van der Waals surface area (Å²) in [6.07, 6.45) is 5.20. The van der Waals surface area contributed by atoms with Gasteiger partial charge in [-0.2, -0.15) is 0 Å². The molecule has 1 N–H and O–H groups in total. The van der Waals surface area contributed by atoms with Crippen LogP contribution in [-0.2, 0) is 19.4 Å². The number of aromatic nitrogens is 1. The zero-order chi connectivity index (χ0) is 18.8. The molecule has 7 heteroatoms. The van der Waals surface area contributed by atoms with Crippen molar-refractivity contribution in [3.8, 4) is 0 Å². The van der Waals surface area contributed by atoms with E-state index in [0.29, 0.717) is 25.1 Å². The van der Waals surface area contributed by atoms with Gasteiger partial charge in [-0.25, -0.2) is 0 Å². The molecule has 4 rings (SSSR count). The van der Waals surface area contributed by atoms with Gasteiger partial charge in [0.05, 0.1) is 10.6 Å². The molecule has 2 heterocycles. The van der Waals surface area contributed by atoms with Gasteiger partial charge < -0.3 is 9.72 Å². The van der Waals surface area contributed by atoms with Crippen molar-refractivity contribution in [1.29, 1.82) is 0 Å². The Balaban J connectivity index is 0.00000225. The van der Waals surface area contributed by atoms with Gasteiger partial charge >= 0.3 is 0 Å². The molecule has 0 saturated heterocycles. The summed E-state index contributed by atoms with van der Waals surface area (Å²) < 4.78 is 2.02. The third kappa shape index (κ3) is 3.66. The van der Waals surface area contributed by atoms with E-state index < -0.39 is 0 Å². The second-order valence-corrected chi connectivity index (χ2v) is 6.85. The van der Waals surface area contributed by atoms with E-state index in [1.807, 2.05) is 28.8 Å². The fourth-order valence-corrected chi connectivity index (χ4v) is 4.00. The Labute approximate surface area is 169 Å². The van der Waals surface area contributed by atoms with Gasteiger partial charge in [-0.1, -0.05) is 24.3 Å². The van der Waals surface area contributed by atoms with Gasteiger partial charge in [-0.15, -0.1) is 12.4 Å². The van der Waals surface area contributed by atoms with Crippen LogP contribution in [0.25, 0.3) is 5.52 Å². The summed E-state index contributed by atoms with van der Waals surface area (Å²) in [5.74, 6) is 0.219. The van der Waals surface area contributed by atoms with Crippen LogP contribution >= 0.6 is 12.4 Å². The summed E-state index contributed by atoms with van der Waals surface area (Å²) in [6.45, 7) is 1.14. The third-order valence-corrected chi connectivity index (χ3v) is 5.21. The van der Waals surface area contributed by atoms with Gasteiger partial charge in [0, 0.05) is 36.3 Å². The molecular weight excluding hydrogens is 378 g/mol. The zero-order valence-electron chi connectivity index (χ0n) is 15.4. The summed E-state index contributed by atoms with van der Waals surface area (Å²) in [4.78, 5) is 23.2. The number of hydrogen-bond donors (Lipinski definition) is 1. The quantitative estimate of drug-likeness (QED) is 0.384. The van der Waals surface area contributed by atoms with E-state index in [9.17, 15) is 14.9 Å². The normalized spacial score (nSPS) is 13.2. The highest BCUT2D eigenvalue weighted by atomic mass is 35.5. The standard InChI is InChI=1S/C21H21N3O3.ClH/c25-20-10-5-7-17-16(19-9-3-4-13-23(19)21(17)20)11-12-22-14-15-6-1-2-8-18(15)24(26)27;/h1-4,6,8-9,13,22H,5,7,10-12,14H2;1H. The molecule has 0 saturated carbocycles. The molecule has 0 aliphatic heterocycles. The van der Waals surface area contributed by atoms with Crippen molar-refractivity contribution in [3.05, 3.63) is 81.2 Å². The minimum Gasteiger partial charge on any atom is -0.313 e. The average Bonchev–Trinajstić information content (AvgIpc) is 3.00. The van der Waals surface area contributed by atoms with E-state index in [0.717, 1.165) is 30.5 Å². The highest BCUT2D eigenvalue weighted by Gasteiger charge is 2.25. The number of nitrogens with one attached hydrogen (secondary N) is 1. The zero-order valence-corrected chi connectivity index (χ0v) is 16.2. The molecule has 0 bridgehead atoms. The van der Waals surface area contributed by atoms with Crippen LogP contribution in [0.2, 0.25) is 0 Å². The molecule has 6 nitrogen and oxygen atoms in total. The van der Waals surface area contributed by atoms with Gasteiger partial charge in [0.15, 0.2) is 5.78 Å². The van der Waals surface area contributed by atoms with Crippen LogP contribution in [0.15, 0.2) is 48.7 Å². The van der Waals surface area contributed by atoms with E-state index in [4.69, 9.17) is 0 Å². The fraction of sp³-hybridized carbons (Fsp3) is 0.286. The number of fused-ring (bicyclic) bond motifs is 3. The number of rotatable bonds is 6. The van der Waals surface area contributed by atoms with Crippen LogP contribution in [0.5, 0.6) is 0 Å². The topological polar surface area (TPSA) is 76.6 Å². The maximum Gasteiger partial charge on any atom is 0.273 e. The maximum atomic E-state index is 12.4. The summed E-state index contributed by atoms with van der Waals surface area (Å²) in [6, 6.07) is 12.8. The summed E-state index contributed by atoms with van der Waals surface area (Å²) in [5, 5.41) is 14.4. The second kappa shape index (κ2) is 8.54. The maximum absolute atomic E-state index is 12.4. The molecule has 0 spiro atoms. The van der Waals surface area contributed by atoms with Crippen molar-refractivity contribution in [2.45, 2.75) is 32.2 Å². The molecule has 1 aliphatic rings. The Morgan fingerprint density at radius 1 is 1.11 bits per heavy atom. The first-order valence-electron chi connectivity index (χ1n) is 9.24. The Bertz CT molecular complexity index is 1030. The van der Waals surface area contributed by atoms with Crippen LogP contribution < -0.4 is 5.32 Å². The molecule has 1 aromatic carbocycles. The molecule has 146 valence electrons. The van der Waals surface area contributed by atoms with Gasteiger partial charge in [0.1, 0.15) is 0 Å². The molecule has 2 aromatic heterocycles. The summed E-state index contributed by atoms with van der Waals surface area (Å²) in [5.41, 5.74) is 5.14. The average molecular weight is 400 g/mol. The Morgan fingerprint density at radius 3 is 2.71 bits per heavy atom. The van der Waals surface area contributed by atoms with Gasteiger partial charge in [0.2, 0.25) is 0 Å². The second-order valence-electron chi connectivity index (χ2n) is 6.85. The third-order valence-electron chi connectivity index (χ3n) is 5.21. The van der Waals surface area contributed by atoms with Gasteiger partial charge in [0.25, 0.3) is 5.69 Å². The lowest BCUT2D eigenvalue weighted by Gasteiger charge is -2.12. The number of nitrogens with zero attached hydrogens (tertiary/aromatic N) is 2. The number of pyridine rings is 1. The molecule has 0 atom stereocenters. The molecule has 0 fully saturated rings. The monoisotopic (exact) mass is 399 g/mol. The van der Waals surface area contributed by atoms with Crippen LogP contribution in [-0.4, -0.2) is 21.7 Å².